The van der Waals surface area contributed by atoms with Crippen LogP contribution in [-0.4, -0.2) is 24.4 Å². The van der Waals surface area contributed by atoms with E-state index in [9.17, 15) is 5.11 Å². The first kappa shape index (κ1) is 16.2. The molecular weight excluding hydrogens is 262 g/mol. The van der Waals surface area contributed by atoms with Crippen LogP contribution in [0.25, 0.3) is 0 Å². The van der Waals surface area contributed by atoms with Crippen LogP contribution in [0, 0.1) is 11.8 Å². The van der Waals surface area contributed by atoms with E-state index in [1.54, 1.807) is 7.11 Å². The third-order valence-electron chi connectivity index (χ3n) is 4.53. The van der Waals surface area contributed by atoms with Crippen LogP contribution in [0.5, 0.6) is 5.75 Å². The summed E-state index contributed by atoms with van der Waals surface area (Å²) in [5.74, 6) is 2.29. The molecule has 2 N–H and O–H groups in total. The monoisotopic (exact) mass is 291 g/mol. The van der Waals surface area contributed by atoms with Crippen LogP contribution in [0.2, 0.25) is 0 Å². The molecule has 1 aliphatic carbocycles. The molecule has 0 radical (unpaired) electrons. The third kappa shape index (κ3) is 4.37. The van der Waals surface area contributed by atoms with Gasteiger partial charge in [0, 0.05) is 11.8 Å². The summed E-state index contributed by atoms with van der Waals surface area (Å²) < 4.78 is 5.28. The molecule has 0 bridgehead atoms. The highest BCUT2D eigenvalue weighted by Gasteiger charge is 2.36. The second-order valence-electron chi connectivity index (χ2n) is 6.89. The molecule has 0 saturated heterocycles. The standard InChI is InChI=1S/C18H29NO2/c1-14(2)10-15-6-5-9-18(12-15,13-20)19-16-7-4-8-17(11-16)21-3/h4,7-8,11,14-15,19-20H,5-6,9-10,12-13H2,1-3H3. The van der Waals surface area contributed by atoms with Gasteiger partial charge in [-0.3, -0.25) is 0 Å². The van der Waals surface area contributed by atoms with E-state index < -0.39 is 0 Å². The van der Waals surface area contributed by atoms with Crippen molar-refractivity contribution < 1.29 is 9.84 Å². The van der Waals surface area contributed by atoms with Crippen molar-refractivity contribution in [2.45, 2.75) is 51.5 Å². The van der Waals surface area contributed by atoms with E-state index >= 15 is 0 Å². The fourth-order valence-corrected chi connectivity index (χ4v) is 3.66. The van der Waals surface area contributed by atoms with Crippen molar-refractivity contribution in [3.8, 4) is 5.75 Å². The fraction of sp³-hybridized carbons (Fsp3) is 0.667. The van der Waals surface area contributed by atoms with Crippen LogP contribution in [0.15, 0.2) is 24.3 Å². The van der Waals surface area contributed by atoms with Gasteiger partial charge < -0.3 is 15.2 Å². The first-order valence-corrected chi connectivity index (χ1v) is 8.10. The zero-order valence-corrected chi connectivity index (χ0v) is 13.6. The lowest BCUT2D eigenvalue weighted by atomic mass is 9.73. The predicted octanol–water partition coefficient (Wildman–Crippen LogP) is 4.07. The number of methoxy groups -OCH3 is 1. The minimum atomic E-state index is -0.176. The van der Waals surface area contributed by atoms with Crippen LogP contribution < -0.4 is 10.1 Å². The van der Waals surface area contributed by atoms with Gasteiger partial charge in [-0.2, -0.15) is 0 Å². The van der Waals surface area contributed by atoms with Crippen LogP contribution in [0.4, 0.5) is 5.69 Å². The SMILES string of the molecule is COc1cccc(NC2(CO)CCCC(CC(C)C)C2)c1. The summed E-state index contributed by atoms with van der Waals surface area (Å²) in [7, 11) is 1.68. The molecular formula is C18H29NO2. The molecule has 1 fully saturated rings. The molecule has 0 heterocycles. The highest BCUT2D eigenvalue weighted by Crippen LogP contribution is 2.38. The number of benzene rings is 1. The second kappa shape index (κ2) is 7.17. The van der Waals surface area contributed by atoms with Gasteiger partial charge in [0.05, 0.1) is 19.3 Å². The van der Waals surface area contributed by atoms with Gasteiger partial charge in [0.2, 0.25) is 0 Å². The molecule has 1 aromatic rings. The highest BCUT2D eigenvalue weighted by molar-refractivity contribution is 5.50. The Balaban J connectivity index is 2.09. The van der Waals surface area contributed by atoms with Crippen LogP contribution in [0.3, 0.4) is 0 Å². The Bertz CT molecular complexity index is 447. The largest absolute Gasteiger partial charge is 0.497 e. The molecule has 0 aliphatic heterocycles. The van der Waals surface area contributed by atoms with E-state index in [4.69, 9.17) is 4.74 Å². The summed E-state index contributed by atoms with van der Waals surface area (Å²) in [6.45, 7) is 4.76. The Morgan fingerprint density at radius 3 is 2.90 bits per heavy atom. The molecule has 1 aromatic carbocycles. The molecule has 3 nitrogen and oxygen atoms in total. The van der Waals surface area contributed by atoms with Crippen molar-refractivity contribution in [2.75, 3.05) is 19.0 Å². The zero-order valence-electron chi connectivity index (χ0n) is 13.6. The third-order valence-corrected chi connectivity index (χ3v) is 4.53. The van der Waals surface area contributed by atoms with Crippen LogP contribution in [0.1, 0.15) is 46.0 Å². The van der Waals surface area contributed by atoms with E-state index in [2.05, 4.69) is 19.2 Å². The second-order valence-corrected chi connectivity index (χ2v) is 6.89. The molecule has 2 unspecified atom stereocenters. The number of anilines is 1. The average molecular weight is 291 g/mol. The van der Waals surface area contributed by atoms with Crippen molar-refractivity contribution >= 4 is 5.69 Å². The lowest BCUT2D eigenvalue weighted by Gasteiger charge is -2.41. The first-order valence-electron chi connectivity index (χ1n) is 8.10. The van der Waals surface area contributed by atoms with Crippen LogP contribution in [-0.2, 0) is 0 Å². The number of hydrogen-bond donors (Lipinski definition) is 2. The average Bonchev–Trinajstić information content (AvgIpc) is 2.47. The first-order chi connectivity index (χ1) is 10.1. The Labute approximate surface area is 128 Å². The van der Waals surface area contributed by atoms with Crippen molar-refractivity contribution in [1.29, 1.82) is 0 Å². The van der Waals surface area contributed by atoms with Crippen molar-refractivity contribution in [2.24, 2.45) is 11.8 Å². The van der Waals surface area contributed by atoms with E-state index in [-0.39, 0.29) is 12.1 Å². The van der Waals surface area contributed by atoms with Gasteiger partial charge in [0.1, 0.15) is 5.75 Å². The van der Waals surface area contributed by atoms with Gasteiger partial charge in [0.15, 0.2) is 0 Å². The topological polar surface area (TPSA) is 41.5 Å². The summed E-state index contributed by atoms with van der Waals surface area (Å²) in [5, 5.41) is 13.6. The number of aliphatic hydroxyl groups is 1. The summed E-state index contributed by atoms with van der Waals surface area (Å²) in [6, 6.07) is 7.98. The molecule has 21 heavy (non-hydrogen) atoms. The number of nitrogens with one attached hydrogen (secondary N) is 1. The Morgan fingerprint density at radius 2 is 2.24 bits per heavy atom. The van der Waals surface area contributed by atoms with Crippen molar-refractivity contribution in [3.63, 3.8) is 0 Å². The molecule has 0 amide bonds. The summed E-state index contributed by atoms with van der Waals surface area (Å²) in [6.07, 6.45) is 5.82. The molecule has 118 valence electrons. The van der Waals surface area contributed by atoms with Gasteiger partial charge in [-0.25, -0.2) is 0 Å². The van der Waals surface area contributed by atoms with Gasteiger partial charge in [-0.15, -0.1) is 0 Å². The van der Waals surface area contributed by atoms with Gasteiger partial charge >= 0.3 is 0 Å². The summed E-state index contributed by atoms with van der Waals surface area (Å²) in [4.78, 5) is 0. The summed E-state index contributed by atoms with van der Waals surface area (Å²) >= 11 is 0. The molecule has 1 aliphatic rings. The number of ether oxygens (including phenoxy) is 1. The van der Waals surface area contributed by atoms with Gasteiger partial charge in [0.25, 0.3) is 0 Å². The predicted molar refractivity (Wildman–Crippen MR) is 87.8 cm³/mol. The maximum Gasteiger partial charge on any atom is 0.120 e. The van der Waals surface area contributed by atoms with E-state index in [0.29, 0.717) is 5.92 Å². The molecule has 1 saturated carbocycles. The lowest BCUT2D eigenvalue weighted by molar-refractivity contribution is 0.135. The highest BCUT2D eigenvalue weighted by atomic mass is 16.5. The Morgan fingerprint density at radius 1 is 1.43 bits per heavy atom. The number of hydrogen-bond acceptors (Lipinski definition) is 3. The van der Waals surface area contributed by atoms with E-state index in [1.807, 2.05) is 24.3 Å². The van der Waals surface area contributed by atoms with Gasteiger partial charge in [-0.05, 0) is 43.2 Å². The number of rotatable bonds is 6. The summed E-state index contributed by atoms with van der Waals surface area (Å²) in [5.41, 5.74) is 0.859. The maximum absolute atomic E-state index is 9.99. The van der Waals surface area contributed by atoms with Crippen molar-refractivity contribution in [3.05, 3.63) is 24.3 Å². The van der Waals surface area contributed by atoms with E-state index in [0.717, 1.165) is 30.2 Å². The maximum atomic E-state index is 9.99. The van der Waals surface area contributed by atoms with Crippen LogP contribution >= 0.6 is 0 Å². The molecule has 3 heteroatoms. The number of aliphatic hydroxyl groups excluding tert-OH is 1. The lowest BCUT2D eigenvalue weighted by Crippen LogP contribution is -2.46. The molecule has 2 atom stereocenters. The minimum Gasteiger partial charge on any atom is -0.497 e. The minimum absolute atomic E-state index is 0.176. The Kier molecular flexibility index (Phi) is 5.51. The normalized spacial score (nSPS) is 25.9. The molecule has 2 rings (SSSR count). The Hall–Kier alpha value is -1.22. The smallest absolute Gasteiger partial charge is 0.120 e. The van der Waals surface area contributed by atoms with Gasteiger partial charge in [-0.1, -0.05) is 32.8 Å². The molecule has 0 aromatic heterocycles. The quantitative estimate of drug-likeness (QED) is 0.830. The molecule has 0 spiro atoms. The fourth-order valence-electron chi connectivity index (χ4n) is 3.66. The van der Waals surface area contributed by atoms with E-state index in [1.165, 1.54) is 19.3 Å². The van der Waals surface area contributed by atoms with Crippen molar-refractivity contribution in [1.82, 2.24) is 0 Å². The zero-order chi connectivity index (χ0) is 15.3.